The third-order valence-electron chi connectivity index (χ3n) is 12.5. The largest absolute Gasteiger partial charge is 0.363 e. The number of hydrogen-bond acceptors (Lipinski definition) is 6. The van der Waals surface area contributed by atoms with Crippen LogP contribution in [-0.2, 0) is 0 Å². The molecule has 0 saturated carbocycles. The van der Waals surface area contributed by atoms with Crippen molar-refractivity contribution < 1.29 is 0 Å². The van der Waals surface area contributed by atoms with Gasteiger partial charge in [-0.2, -0.15) is 0 Å². The van der Waals surface area contributed by atoms with E-state index in [4.69, 9.17) is 9.98 Å². The number of amidine groups is 2. The van der Waals surface area contributed by atoms with Crippen LogP contribution in [0.4, 0.5) is 11.4 Å². The molecule has 272 valence electrons. The van der Waals surface area contributed by atoms with Crippen LogP contribution in [0.1, 0.15) is 56.5 Å². The van der Waals surface area contributed by atoms with E-state index in [1.165, 1.54) is 33.9 Å². The molecule has 10 rings (SSSR count). The number of nitrogens with one attached hydrogen (secondary N) is 2. The van der Waals surface area contributed by atoms with Gasteiger partial charge in [0, 0.05) is 46.0 Å². The van der Waals surface area contributed by atoms with E-state index in [1.807, 2.05) is 6.07 Å². The number of anilines is 2. The number of benzene rings is 4. The minimum absolute atomic E-state index is 0.00185. The third-order valence-corrected chi connectivity index (χ3v) is 12.5. The third kappa shape index (κ3) is 5.37. The maximum Gasteiger partial charge on any atom is 0.153 e. The molecule has 55 heavy (non-hydrogen) atoms. The Labute approximate surface area is 324 Å². The van der Waals surface area contributed by atoms with Crippen molar-refractivity contribution in [3.63, 3.8) is 0 Å². The van der Waals surface area contributed by atoms with E-state index < -0.39 is 0 Å². The van der Waals surface area contributed by atoms with Gasteiger partial charge in [-0.1, -0.05) is 147 Å². The lowest BCUT2D eigenvalue weighted by molar-refractivity contribution is 0.344. The van der Waals surface area contributed by atoms with Crippen LogP contribution >= 0.6 is 0 Å². The number of para-hydroxylation sites is 1. The van der Waals surface area contributed by atoms with E-state index in [1.54, 1.807) is 0 Å². The molecule has 3 aliphatic heterocycles. The Hall–Kier alpha value is -6.14. The molecular formula is C49H46N6. The van der Waals surface area contributed by atoms with Gasteiger partial charge in [-0.05, 0) is 61.7 Å². The SMILES string of the molecule is CC1(C2N=C(c3ccccc3)NC(c3cccc(N4C5(C)CC6=C(C=C5C5C=CC=CC54C)N(c4ccccc4)C(c4ccccc4)N6)c3)=N2)C=CC=CC1. The van der Waals surface area contributed by atoms with E-state index in [9.17, 15) is 0 Å². The van der Waals surface area contributed by atoms with E-state index >= 15 is 0 Å². The molecular weight excluding hydrogens is 673 g/mol. The highest BCUT2D eigenvalue weighted by Gasteiger charge is 2.60. The molecule has 0 spiro atoms. The van der Waals surface area contributed by atoms with Gasteiger partial charge in [0.1, 0.15) is 17.8 Å². The van der Waals surface area contributed by atoms with Crippen molar-refractivity contribution in [3.8, 4) is 0 Å². The fourth-order valence-electron chi connectivity index (χ4n) is 9.83. The van der Waals surface area contributed by atoms with Crippen molar-refractivity contribution in [1.82, 2.24) is 10.6 Å². The highest BCUT2D eigenvalue weighted by molar-refractivity contribution is 6.16. The van der Waals surface area contributed by atoms with Crippen molar-refractivity contribution >= 4 is 23.0 Å². The van der Waals surface area contributed by atoms with Gasteiger partial charge in [0.2, 0.25) is 0 Å². The average Bonchev–Trinajstić information content (AvgIpc) is 3.69. The zero-order chi connectivity index (χ0) is 37.2. The summed E-state index contributed by atoms with van der Waals surface area (Å²) >= 11 is 0. The number of nitrogens with zero attached hydrogens (tertiary/aromatic N) is 4. The van der Waals surface area contributed by atoms with E-state index in [-0.39, 0.29) is 34.7 Å². The lowest BCUT2D eigenvalue weighted by atomic mass is 9.75. The fraction of sp³-hybridized carbons (Fsp3) is 0.224. The standard InChI is InChI=1S/C49H46N6/c1-47(28-15-7-16-29-47)46-52-43(34-19-8-4-9-20-34)51-44(53-46)36-23-18-26-38(31-36)55-48(2)30-17-14-27-39(48)40-32-42-41(33-49(40,55)3)50-45(35-21-10-5-11-22-35)54(42)37-24-12-6-13-25-37/h4-28,30-32,39,45-46,50H,29,33H2,1-3H3,(H,51,52,53). The zero-order valence-electron chi connectivity index (χ0n) is 31.6. The summed E-state index contributed by atoms with van der Waals surface area (Å²) in [6.07, 6.45) is 22.0. The summed E-state index contributed by atoms with van der Waals surface area (Å²) in [4.78, 5) is 15.8. The van der Waals surface area contributed by atoms with Gasteiger partial charge in [0.15, 0.2) is 6.17 Å². The first-order valence-corrected chi connectivity index (χ1v) is 19.5. The molecule has 3 heterocycles. The monoisotopic (exact) mass is 718 g/mol. The molecule has 6 nitrogen and oxygen atoms in total. The van der Waals surface area contributed by atoms with E-state index in [0.717, 1.165) is 35.6 Å². The quantitative estimate of drug-likeness (QED) is 0.209. The van der Waals surface area contributed by atoms with Gasteiger partial charge in [-0.25, -0.2) is 9.98 Å². The Morgan fingerprint density at radius 1 is 0.691 bits per heavy atom. The van der Waals surface area contributed by atoms with Crippen LogP contribution in [0.25, 0.3) is 0 Å². The summed E-state index contributed by atoms with van der Waals surface area (Å²) in [7, 11) is 0. The maximum atomic E-state index is 5.36. The van der Waals surface area contributed by atoms with Gasteiger partial charge in [-0.15, -0.1) is 0 Å². The summed E-state index contributed by atoms with van der Waals surface area (Å²) in [5.74, 6) is 1.90. The predicted octanol–water partition coefficient (Wildman–Crippen LogP) is 9.76. The highest BCUT2D eigenvalue weighted by atomic mass is 15.4. The molecule has 0 bridgehead atoms. The Morgan fingerprint density at radius 2 is 1.36 bits per heavy atom. The summed E-state index contributed by atoms with van der Waals surface area (Å²) in [6, 6.07) is 41.1. The number of allylic oxidation sites excluding steroid dienone is 6. The molecule has 4 aromatic carbocycles. The predicted molar refractivity (Wildman–Crippen MR) is 226 cm³/mol. The molecule has 4 aromatic rings. The van der Waals surface area contributed by atoms with Crippen molar-refractivity contribution in [2.24, 2.45) is 21.3 Å². The Morgan fingerprint density at radius 3 is 2.11 bits per heavy atom. The second kappa shape index (κ2) is 12.7. The minimum Gasteiger partial charge on any atom is -0.363 e. The smallest absolute Gasteiger partial charge is 0.153 e. The number of fused-ring (bicyclic) bond motifs is 3. The van der Waals surface area contributed by atoms with Crippen LogP contribution in [0.5, 0.6) is 0 Å². The summed E-state index contributed by atoms with van der Waals surface area (Å²) in [5, 5.41) is 7.70. The maximum absolute atomic E-state index is 5.36. The van der Waals surface area contributed by atoms with Gasteiger partial charge < -0.3 is 20.4 Å². The Kier molecular flexibility index (Phi) is 7.74. The molecule has 3 aliphatic carbocycles. The normalized spacial score (nSPS) is 30.2. The Balaban J connectivity index is 1.06. The highest BCUT2D eigenvalue weighted by Crippen LogP contribution is 2.59. The molecule has 6 unspecified atom stereocenters. The van der Waals surface area contributed by atoms with Gasteiger partial charge >= 0.3 is 0 Å². The topological polar surface area (TPSA) is 55.3 Å². The van der Waals surface area contributed by atoms with Crippen LogP contribution in [0.3, 0.4) is 0 Å². The lowest BCUT2D eigenvalue weighted by Gasteiger charge is -2.46. The van der Waals surface area contributed by atoms with Crippen LogP contribution < -0.4 is 20.4 Å². The molecule has 1 saturated heterocycles. The van der Waals surface area contributed by atoms with Crippen molar-refractivity contribution in [1.29, 1.82) is 0 Å². The molecule has 2 N–H and O–H groups in total. The summed E-state index contributed by atoms with van der Waals surface area (Å²) in [6.45, 7) is 7.12. The zero-order valence-corrected chi connectivity index (χ0v) is 31.6. The van der Waals surface area contributed by atoms with E-state index in [2.05, 4.69) is 205 Å². The van der Waals surface area contributed by atoms with E-state index in [0.29, 0.717) is 0 Å². The first-order valence-electron chi connectivity index (χ1n) is 19.5. The number of aliphatic imine (C=N–C) groups is 2. The average molecular weight is 719 g/mol. The lowest BCUT2D eigenvalue weighted by Crippen LogP contribution is -2.53. The van der Waals surface area contributed by atoms with Crippen LogP contribution in [-0.4, -0.2) is 28.9 Å². The second-order valence-corrected chi connectivity index (χ2v) is 16.2. The van der Waals surface area contributed by atoms with Gasteiger partial charge in [0.05, 0.1) is 16.8 Å². The molecule has 0 amide bonds. The first kappa shape index (κ1) is 33.4. The second-order valence-electron chi connectivity index (χ2n) is 16.2. The summed E-state index contributed by atoms with van der Waals surface area (Å²) in [5.41, 5.74) is 8.87. The van der Waals surface area contributed by atoms with Crippen LogP contribution in [0.2, 0.25) is 0 Å². The van der Waals surface area contributed by atoms with Crippen molar-refractivity contribution in [2.45, 2.75) is 57.0 Å². The van der Waals surface area contributed by atoms with Gasteiger partial charge in [0.25, 0.3) is 0 Å². The minimum atomic E-state index is -0.301. The van der Waals surface area contributed by atoms with Crippen molar-refractivity contribution in [3.05, 3.63) is 204 Å². The summed E-state index contributed by atoms with van der Waals surface area (Å²) < 4.78 is 0. The molecule has 1 fully saturated rings. The van der Waals surface area contributed by atoms with Gasteiger partial charge in [-0.3, -0.25) is 0 Å². The molecule has 6 heteroatoms. The van der Waals surface area contributed by atoms with Crippen molar-refractivity contribution in [2.75, 3.05) is 9.80 Å². The number of rotatable bonds is 6. The number of hydrogen-bond donors (Lipinski definition) is 2. The van der Waals surface area contributed by atoms with Crippen LogP contribution in [0, 0.1) is 11.3 Å². The molecule has 0 aromatic heterocycles. The van der Waals surface area contributed by atoms with Crippen LogP contribution in [0.15, 0.2) is 197 Å². The first-order chi connectivity index (χ1) is 26.8. The Bertz CT molecular complexity index is 2400. The molecule has 6 aliphatic rings. The fourth-order valence-corrected chi connectivity index (χ4v) is 9.83. The molecule has 0 radical (unpaired) electrons. The molecule has 6 atom stereocenters.